The number of unbranched alkanes of at least 4 members (excludes halogenated alkanes) is 22. The molecule has 0 N–H and O–H groups in total. The quantitative estimate of drug-likeness (QED) is 0.0328. The van der Waals surface area contributed by atoms with E-state index in [9.17, 15) is 19.8 Å². The molecule has 0 fully saturated rings. The number of fused-ring (bicyclic) bond motifs is 2. The Hall–Kier alpha value is -5.46. The molecule has 6 atom stereocenters. The predicted octanol–water partition coefficient (Wildman–Crippen LogP) is 14.6. The second-order valence-corrected chi connectivity index (χ2v) is 24.7. The first kappa shape index (κ1) is 64.1. The molecular weight excluding hydrogens is 1030 g/mol. The molecular formula is C70H102N2O10. The number of carboxylic acid groups (broad SMARTS) is 2. The van der Waals surface area contributed by atoms with E-state index in [1.807, 2.05) is 36.4 Å². The highest BCUT2D eigenvalue weighted by atomic mass is 16.5. The van der Waals surface area contributed by atoms with E-state index in [1.165, 1.54) is 109 Å². The van der Waals surface area contributed by atoms with Crippen molar-refractivity contribution in [1.82, 2.24) is 0 Å². The van der Waals surface area contributed by atoms with Crippen LogP contribution >= 0.6 is 0 Å². The molecule has 12 nitrogen and oxygen atoms in total. The van der Waals surface area contributed by atoms with Crippen LogP contribution in [-0.2, 0) is 35.3 Å². The number of quaternary nitrogens is 2. The lowest BCUT2D eigenvalue weighted by Crippen LogP contribution is -2.63. The van der Waals surface area contributed by atoms with Gasteiger partial charge in [-0.05, 0) is 77.6 Å². The summed E-state index contributed by atoms with van der Waals surface area (Å²) in [6, 6.07) is 17.8. The van der Waals surface area contributed by atoms with Gasteiger partial charge in [0.05, 0.1) is 73.1 Å². The van der Waals surface area contributed by atoms with Crippen molar-refractivity contribution in [2.24, 2.45) is 0 Å². The first-order valence-electron chi connectivity index (χ1n) is 32.0. The molecule has 0 amide bonds. The molecule has 452 valence electrons. The van der Waals surface area contributed by atoms with Crippen LogP contribution < -0.4 is 38.6 Å². The molecule has 4 aromatic rings. The summed E-state index contributed by atoms with van der Waals surface area (Å²) in [5.41, 5.74) is 5.83. The number of hydrogen-bond acceptors (Lipinski definition) is 10. The van der Waals surface area contributed by atoms with Gasteiger partial charge in [-0.1, -0.05) is 173 Å². The fourth-order valence-electron chi connectivity index (χ4n) is 14.1. The maximum Gasteiger partial charge on any atom is 0.204 e. The highest BCUT2D eigenvalue weighted by Crippen LogP contribution is 2.55. The molecule has 6 bridgehead atoms. The topological polar surface area (TPSA) is 136 Å². The van der Waals surface area contributed by atoms with E-state index in [0.29, 0.717) is 97.6 Å². The molecule has 0 saturated carbocycles. The molecule has 0 radical (unpaired) electrons. The summed E-state index contributed by atoms with van der Waals surface area (Å²) >= 11 is 0. The van der Waals surface area contributed by atoms with Crippen LogP contribution in [0.4, 0.5) is 0 Å². The van der Waals surface area contributed by atoms with Gasteiger partial charge in [-0.2, -0.15) is 0 Å². The second-order valence-electron chi connectivity index (χ2n) is 24.7. The third-order valence-electron chi connectivity index (χ3n) is 19.1. The maximum atomic E-state index is 13.8. The summed E-state index contributed by atoms with van der Waals surface area (Å²) in [6.45, 7) is 5.65. The minimum Gasteiger partial charge on any atom is -0.544 e. The van der Waals surface area contributed by atoms with Gasteiger partial charge < -0.3 is 57.2 Å². The summed E-state index contributed by atoms with van der Waals surface area (Å²) < 4.78 is 39.1. The molecule has 4 aromatic carbocycles. The van der Waals surface area contributed by atoms with Crippen molar-refractivity contribution >= 4 is 11.9 Å². The zero-order chi connectivity index (χ0) is 58.5. The molecule has 4 aliphatic rings. The first-order chi connectivity index (χ1) is 39.8. The Balaban J connectivity index is 1.27. The Bertz CT molecular complexity index is 2640. The highest BCUT2D eigenvalue weighted by molar-refractivity contribution is 5.71. The SMILES string of the molecule is CCCCCCCCCCCCCCC(C(=O)[O-])[N+]1(C)CCc2cc(OC)c3cc2C1Cc1ccc(cc1)Oc1cc(ccc1OC)CC1c2c(cc(OC)c(OC)c2O3)CC[N+]1(C)C(CCCCCCCCCCCCCC)C(=O)[O-]. The standard InChI is InChI=1S/C70H102N2O10/c1-9-11-13-15-17-19-21-23-25-27-29-31-33-57(69(73)74)71(3)43-41-53-48-62(78-6)64-50-56(53)59(71)45-51-35-38-55(39-36-51)81-63-47-52(37-40-61(63)77-5)46-60-66-54(49-65(79-7)67(80-8)68(66)82-64)42-44-72(60,4)58(70(75)76)34-32-30-28-26-24-22-20-18-16-14-12-10-2/h35-40,47-50,57-60H,9-34,41-46H2,1-8H3. The van der Waals surface area contributed by atoms with Crippen molar-refractivity contribution in [2.45, 2.75) is 231 Å². The number of rotatable bonds is 34. The van der Waals surface area contributed by atoms with E-state index in [-0.39, 0.29) is 15.0 Å². The third-order valence-corrected chi connectivity index (χ3v) is 19.1. The van der Waals surface area contributed by atoms with Crippen LogP contribution in [0.25, 0.3) is 0 Å². The van der Waals surface area contributed by atoms with Crippen molar-refractivity contribution in [3.8, 4) is 46.0 Å². The smallest absolute Gasteiger partial charge is 0.204 e. The van der Waals surface area contributed by atoms with Crippen LogP contribution in [0, 0.1) is 0 Å². The lowest BCUT2D eigenvalue weighted by Gasteiger charge is -2.51. The summed E-state index contributed by atoms with van der Waals surface area (Å²) in [6.07, 6.45) is 31.9. The molecule has 0 saturated heterocycles. The monoisotopic (exact) mass is 1130 g/mol. The van der Waals surface area contributed by atoms with E-state index in [2.05, 4.69) is 52.2 Å². The van der Waals surface area contributed by atoms with Gasteiger partial charge in [-0.15, -0.1) is 0 Å². The number of nitrogens with zero attached hydrogens (tertiary/aromatic N) is 2. The summed E-state index contributed by atoms with van der Waals surface area (Å²) in [7, 11) is 10.7. The van der Waals surface area contributed by atoms with E-state index < -0.39 is 30.1 Å². The number of ether oxygens (including phenoxy) is 6. The Kier molecular flexibility index (Phi) is 25.0. The van der Waals surface area contributed by atoms with Crippen LogP contribution in [0.3, 0.4) is 0 Å². The van der Waals surface area contributed by atoms with Gasteiger partial charge in [0.2, 0.25) is 5.75 Å². The Labute approximate surface area is 493 Å². The molecule has 6 unspecified atom stereocenters. The van der Waals surface area contributed by atoms with E-state index in [0.717, 1.165) is 78.3 Å². The predicted molar refractivity (Wildman–Crippen MR) is 324 cm³/mol. The van der Waals surface area contributed by atoms with Crippen LogP contribution in [-0.4, -0.2) is 88.6 Å². The van der Waals surface area contributed by atoms with Crippen LogP contribution in [0.1, 0.15) is 226 Å². The summed E-state index contributed by atoms with van der Waals surface area (Å²) in [4.78, 5) is 27.5. The Morgan fingerprint density at radius 1 is 0.500 bits per heavy atom. The average molecular weight is 1130 g/mol. The largest absolute Gasteiger partial charge is 0.544 e. The van der Waals surface area contributed by atoms with Crippen molar-refractivity contribution < 1.29 is 57.2 Å². The lowest BCUT2D eigenvalue weighted by atomic mass is 9.83. The minimum atomic E-state index is -1.06. The van der Waals surface area contributed by atoms with Gasteiger partial charge in [0.25, 0.3) is 0 Å². The van der Waals surface area contributed by atoms with Crippen molar-refractivity contribution in [3.05, 3.63) is 94.0 Å². The molecule has 82 heavy (non-hydrogen) atoms. The van der Waals surface area contributed by atoms with E-state index in [4.69, 9.17) is 28.4 Å². The van der Waals surface area contributed by atoms with Crippen molar-refractivity contribution in [1.29, 1.82) is 0 Å². The number of carbonyl (C=O) groups excluding carboxylic acids is 2. The van der Waals surface area contributed by atoms with Crippen molar-refractivity contribution in [2.75, 3.05) is 55.6 Å². The second kappa shape index (κ2) is 32.0. The average Bonchev–Trinajstić information content (AvgIpc) is 3.49. The van der Waals surface area contributed by atoms with Gasteiger partial charge in [0.15, 0.2) is 34.5 Å². The highest BCUT2D eigenvalue weighted by Gasteiger charge is 2.49. The number of carbonyl (C=O) groups is 2. The molecule has 8 rings (SSSR count). The fourth-order valence-corrected chi connectivity index (χ4v) is 14.1. The molecule has 4 heterocycles. The number of benzene rings is 4. The van der Waals surface area contributed by atoms with E-state index >= 15 is 0 Å². The Morgan fingerprint density at radius 3 is 1.43 bits per heavy atom. The van der Waals surface area contributed by atoms with Gasteiger partial charge in [0, 0.05) is 44.1 Å². The van der Waals surface area contributed by atoms with Crippen LogP contribution in [0.15, 0.2) is 60.7 Å². The third kappa shape index (κ3) is 16.2. The van der Waals surface area contributed by atoms with Crippen LogP contribution in [0.2, 0.25) is 0 Å². The van der Waals surface area contributed by atoms with Gasteiger partial charge >= 0.3 is 0 Å². The molecule has 12 heteroatoms. The fraction of sp³-hybridized carbons (Fsp3) is 0.629. The summed E-state index contributed by atoms with van der Waals surface area (Å²) in [5, 5.41) is 27.5. The normalized spacial score (nSPS) is 19.9. The maximum absolute atomic E-state index is 13.8. The molecule has 0 aliphatic carbocycles. The van der Waals surface area contributed by atoms with Crippen molar-refractivity contribution in [3.63, 3.8) is 0 Å². The van der Waals surface area contributed by atoms with Crippen LogP contribution in [0.5, 0.6) is 46.0 Å². The zero-order valence-corrected chi connectivity index (χ0v) is 51.7. The molecule has 0 aromatic heterocycles. The molecule has 4 aliphatic heterocycles. The van der Waals surface area contributed by atoms with Gasteiger partial charge in [-0.3, -0.25) is 0 Å². The zero-order valence-electron chi connectivity index (χ0n) is 51.7. The van der Waals surface area contributed by atoms with Gasteiger partial charge in [-0.25, -0.2) is 0 Å². The van der Waals surface area contributed by atoms with E-state index in [1.54, 1.807) is 28.4 Å². The van der Waals surface area contributed by atoms with Gasteiger partial charge in [0.1, 0.15) is 29.9 Å². The summed E-state index contributed by atoms with van der Waals surface area (Å²) in [5.74, 6) is 1.93. The minimum absolute atomic E-state index is 0.173. The number of aliphatic carboxylic acids is 2. The number of hydrogen-bond donors (Lipinski definition) is 0. The lowest BCUT2D eigenvalue weighted by molar-refractivity contribution is -0.958. The first-order valence-corrected chi connectivity index (χ1v) is 32.0. The number of likely N-dealkylation sites (N-methyl/N-ethyl adjacent to an activating group) is 2. The Morgan fingerprint density at radius 2 is 0.939 bits per heavy atom. The number of methoxy groups -OCH3 is 4. The number of carboxylic acids is 2. The molecule has 0 spiro atoms.